The molecule has 1 atom stereocenters. The lowest BCUT2D eigenvalue weighted by Gasteiger charge is -2.28. The number of rotatable bonds is 5. The molecule has 0 aliphatic carbocycles. The molecule has 2 N–H and O–H groups in total. The van der Waals surface area contributed by atoms with Crippen molar-refractivity contribution in [2.75, 3.05) is 44.7 Å². The third kappa shape index (κ3) is 4.29. The van der Waals surface area contributed by atoms with Gasteiger partial charge in [-0.25, -0.2) is 0 Å². The van der Waals surface area contributed by atoms with Gasteiger partial charge < -0.3 is 15.2 Å². The van der Waals surface area contributed by atoms with Crippen molar-refractivity contribution in [3.63, 3.8) is 0 Å². The number of anilines is 1. The van der Waals surface area contributed by atoms with Crippen molar-refractivity contribution >= 4 is 5.69 Å². The van der Waals surface area contributed by atoms with Gasteiger partial charge in [0.25, 0.3) is 0 Å². The van der Waals surface area contributed by atoms with Gasteiger partial charge in [-0.1, -0.05) is 17.7 Å². The molecule has 4 heteroatoms. The fourth-order valence-corrected chi connectivity index (χ4v) is 2.05. The number of aliphatic hydroxyl groups is 1. The van der Waals surface area contributed by atoms with Crippen LogP contribution >= 0.6 is 0 Å². The molecule has 0 radical (unpaired) electrons. The number of benzene rings is 1. The van der Waals surface area contributed by atoms with Crippen LogP contribution in [0.25, 0.3) is 0 Å². The Balaban J connectivity index is 1.70. The molecule has 0 bridgehead atoms. The summed E-state index contributed by atoms with van der Waals surface area (Å²) in [6.45, 7) is 6.75. The Labute approximate surface area is 109 Å². The molecular formula is C14H22N2O2. The predicted molar refractivity (Wildman–Crippen MR) is 72.9 cm³/mol. The molecule has 1 aliphatic heterocycles. The monoisotopic (exact) mass is 250 g/mol. The second-order valence-corrected chi connectivity index (χ2v) is 4.81. The van der Waals surface area contributed by atoms with Gasteiger partial charge in [-0.15, -0.1) is 0 Å². The van der Waals surface area contributed by atoms with Crippen molar-refractivity contribution in [2.45, 2.75) is 13.0 Å². The minimum Gasteiger partial charge on any atom is -0.390 e. The molecule has 100 valence electrons. The number of nitrogens with one attached hydrogen (secondary N) is 1. The second-order valence-electron chi connectivity index (χ2n) is 4.81. The van der Waals surface area contributed by atoms with Crippen LogP contribution in [0.15, 0.2) is 24.3 Å². The Morgan fingerprint density at radius 2 is 1.94 bits per heavy atom. The number of nitrogens with zero attached hydrogens (tertiary/aromatic N) is 1. The lowest BCUT2D eigenvalue weighted by Crippen LogP contribution is -2.42. The van der Waals surface area contributed by atoms with E-state index in [0.717, 1.165) is 32.0 Å². The highest BCUT2D eigenvalue weighted by Crippen LogP contribution is 2.08. The van der Waals surface area contributed by atoms with Crippen LogP contribution in [0.1, 0.15) is 5.56 Å². The van der Waals surface area contributed by atoms with E-state index in [1.54, 1.807) is 0 Å². The lowest BCUT2D eigenvalue weighted by molar-refractivity contribution is 0.0171. The molecule has 4 nitrogen and oxygen atoms in total. The minimum atomic E-state index is -0.343. The first-order valence-corrected chi connectivity index (χ1v) is 6.53. The largest absolute Gasteiger partial charge is 0.390 e. The Bertz CT molecular complexity index is 347. The van der Waals surface area contributed by atoms with Crippen LogP contribution in [0.4, 0.5) is 5.69 Å². The molecule has 1 aromatic rings. The van der Waals surface area contributed by atoms with E-state index in [1.807, 2.05) is 12.1 Å². The summed E-state index contributed by atoms with van der Waals surface area (Å²) >= 11 is 0. The van der Waals surface area contributed by atoms with Gasteiger partial charge in [0.1, 0.15) is 0 Å². The molecule has 0 aromatic heterocycles. The van der Waals surface area contributed by atoms with Gasteiger partial charge in [-0.2, -0.15) is 0 Å². The Kier molecular flexibility index (Phi) is 4.99. The van der Waals surface area contributed by atoms with Gasteiger partial charge in [0.2, 0.25) is 0 Å². The Morgan fingerprint density at radius 3 is 2.61 bits per heavy atom. The smallest absolute Gasteiger partial charge is 0.0839 e. The molecule has 0 saturated carbocycles. The summed E-state index contributed by atoms with van der Waals surface area (Å²) in [5.41, 5.74) is 2.30. The van der Waals surface area contributed by atoms with Gasteiger partial charge in [-0.3, -0.25) is 4.90 Å². The fourth-order valence-electron chi connectivity index (χ4n) is 2.05. The van der Waals surface area contributed by atoms with Crippen LogP contribution in [0.2, 0.25) is 0 Å². The maximum atomic E-state index is 9.97. The summed E-state index contributed by atoms with van der Waals surface area (Å²) in [5, 5.41) is 13.2. The average molecular weight is 250 g/mol. The molecule has 0 amide bonds. The molecule has 1 unspecified atom stereocenters. The number of aryl methyl sites for hydroxylation is 1. The first kappa shape index (κ1) is 13.3. The zero-order valence-electron chi connectivity index (χ0n) is 10.9. The van der Waals surface area contributed by atoms with Crippen molar-refractivity contribution in [3.8, 4) is 0 Å². The molecule has 1 fully saturated rings. The Hall–Kier alpha value is -1.10. The van der Waals surface area contributed by atoms with Crippen molar-refractivity contribution in [1.82, 2.24) is 4.90 Å². The second kappa shape index (κ2) is 6.73. The SMILES string of the molecule is Cc1ccc(NCC(O)CN2CCOCC2)cc1. The number of hydrogen-bond acceptors (Lipinski definition) is 4. The highest BCUT2D eigenvalue weighted by atomic mass is 16.5. The number of morpholine rings is 1. The summed E-state index contributed by atoms with van der Waals surface area (Å²) in [6, 6.07) is 8.21. The standard InChI is InChI=1S/C14H22N2O2/c1-12-2-4-13(5-3-12)15-10-14(17)11-16-6-8-18-9-7-16/h2-5,14-15,17H,6-11H2,1H3. The van der Waals surface area contributed by atoms with Crippen LogP contribution in [-0.2, 0) is 4.74 Å². The highest BCUT2D eigenvalue weighted by molar-refractivity contribution is 5.44. The van der Waals surface area contributed by atoms with E-state index in [9.17, 15) is 5.11 Å². The van der Waals surface area contributed by atoms with E-state index in [-0.39, 0.29) is 6.10 Å². The van der Waals surface area contributed by atoms with Gasteiger partial charge in [0, 0.05) is 31.9 Å². The van der Waals surface area contributed by atoms with E-state index in [2.05, 4.69) is 29.3 Å². The fraction of sp³-hybridized carbons (Fsp3) is 0.571. The number of β-amino-alcohol motifs (C(OH)–C–C–N with tert-alkyl or cyclic N) is 1. The first-order valence-electron chi connectivity index (χ1n) is 6.53. The first-order chi connectivity index (χ1) is 8.74. The summed E-state index contributed by atoms with van der Waals surface area (Å²) in [6.07, 6.45) is -0.343. The summed E-state index contributed by atoms with van der Waals surface area (Å²) in [7, 11) is 0. The van der Waals surface area contributed by atoms with Gasteiger partial charge >= 0.3 is 0 Å². The zero-order chi connectivity index (χ0) is 12.8. The molecule has 18 heavy (non-hydrogen) atoms. The van der Waals surface area contributed by atoms with Crippen LogP contribution in [0.3, 0.4) is 0 Å². The molecule has 1 aromatic carbocycles. The summed E-state index contributed by atoms with van der Waals surface area (Å²) in [5.74, 6) is 0. The van der Waals surface area contributed by atoms with Gasteiger partial charge in [0.15, 0.2) is 0 Å². The third-order valence-electron chi connectivity index (χ3n) is 3.17. The molecule has 1 heterocycles. The molecule has 2 rings (SSSR count). The van der Waals surface area contributed by atoms with Gasteiger partial charge in [-0.05, 0) is 19.1 Å². The van der Waals surface area contributed by atoms with Crippen LogP contribution in [-0.4, -0.2) is 55.5 Å². The predicted octanol–water partition coefficient (Wildman–Crippen LogP) is 1.10. The maximum absolute atomic E-state index is 9.97. The number of ether oxygens (including phenoxy) is 1. The van der Waals surface area contributed by atoms with Crippen molar-refractivity contribution in [1.29, 1.82) is 0 Å². The van der Waals surface area contributed by atoms with Gasteiger partial charge in [0.05, 0.1) is 19.3 Å². The van der Waals surface area contributed by atoms with Crippen molar-refractivity contribution in [3.05, 3.63) is 29.8 Å². The third-order valence-corrected chi connectivity index (χ3v) is 3.17. The van der Waals surface area contributed by atoms with E-state index >= 15 is 0 Å². The summed E-state index contributed by atoms with van der Waals surface area (Å²) < 4.78 is 5.28. The molecule has 1 aliphatic rings. The molecular weight excluding hydrogens is 228 g/mol. The molecule has 1 saturated heterocycles. The number of aliphatic hydroxyl groups excluding tert-OH is 1. The molecule has 0 spiro atoms. The average Bonchev–Trinajstić information content (AvgIpc) is 2.39. The van der Waals surface area contributed by atoms with E-state index in [0.29, 0.717) is 13.1 Å². The minimum absolute atomic E-state index is 0.343. The summed E-state index contributed by atoms with van der Waals surface area (Å²) in [4.78, 5) is 2.24. The van der Waals surface area contributed by atoms with Crippen LogP contribution in [0, 0.1) is 6.92 Å². The van der Waals surface area contributed by atoms with Crippen LogP contribution in [0.5, 0.6) is 0 Å². The van der Waals surface area contributed by atoms with Crippen molar-refractivity contribution < 1.29 is 9.84 Å². The van der Waals surface area contributed by atoms with E-state index < -0.39 is 0 Å². The van der Waals surface area contributed by atoms with E-state index in [1.165, 1.54) is 5.56 Å². The lowest BCUT2D eigenvalue weighted by atomic mass is 10.2. The topological polar surface area (TPSA) is 44.7 Å². The van der Waals surface area contributed by atoms with Crippen LogP contribution < -0.4 is 5.32 Å². The zero-order valence-corrected chi connectivity index (χ0v) is 10.9. The quantitative estimate of drug-likeness (QED) is 0.821. The number of hydrogen-bond donors (Lipinski definition) is 2. The normalized spacial score (nSPS) is 18.6. The maximum Gasteiger partial charge on any atom is 0.0839 e. The highest BCUT2D eigenvalue weighted by Gasteiger charge is 2.14. The Morgan fingerprint density at radius 1 is 1.28 bits per heavy atom. The van der Waals surface area contributed by atoms with E-state index in [4.69, 9.17) is 4.74 Å². The van der Waals surface area contributed by atoms with Crippen molar-refractivity contribution in [2.24, 2.45) is 0 Å².